The molecule has 0 aliphatic carbocycles. The number of nitrogens with one attached hydrogen (secondary N) is 1. The summed E-state index contributed by atoms with van der Waals surface area (Å²) in [7, 11) is 0. The fourth-order valence-corrected chi connectivity index (χ4v) is 3.25. The first kappa shape index (κ1) is 18.5. The number of nitrogens with zero attached hydrogens (tertiary/aromatic N) is 2. The Hall–Kier alpha value is -2.89. The van der Waals surface area contributed by atoms with Gasteiger partial charge in [0.05, 0.1) is 10.7 Å². The van der Waals surface area contributed by atoms with E-state index in [0.29, 0.717) is 33.9 Å². The van der Waals surface area contributed by atoms with Crippen LogP contribution in [0.2, 0.25) is 10.0 Å². The van der Waals surface area contributed by atoms with E-state index < -0.39 is 0 Å². The average molecular weight is 412 g/mol. The van der Waals surface area contributed by atoms with Crippen LogP contribution in [-0.4, -0.2) is 16.0 Å². The van der Waals surface area contributed by atoms with Crippen molar-refractivity contribution in [1.82, 2.24) is 10.1 Å². The fourth-order valence-electron chi connectivity index (χ4n) is 2.91. The van der Waals surface area contributed by atoms with Crippen LogP contribution in [0.1, 0.15) is 12.3 Å². The number of aryl methyl sites for hydroxylation is 1. The molecule has 0 atom stereocenters. The highest BCUT2D eigenvalue weighted by Gasteiger charge is 2.13. The number of fused-ring (bicyclic) bond motifs is 1. The lowest BCUT2D eigenvalue weighted by atomic mass is 10.0. The van der Waals surface area contributed by atoms with Crippen LogP contribution in [0.4, 0.5) is 5.69 Å². The molecule has 4 aromatic rings. The molecule has 0 fully saturated rings. The first-order valence-electron chi connectivity index (χ1n) is 8.66. The monoisotopic (exact) mass is 411 g/mol. The van der Waals surface area contributed by atoms with Gasteiger partial charge in [0.25, 0.3) is 0 Å². The molecule has 0 bridgehead atoms. The van der Waals surface area contributed by atoms with Crippen molar-refractivity contribution in [3.05, 3.63) is 76.6 Å². The Balaban J connectivity index is 1.45. The van der Waals surface area contributed by atoms with Crippen LogP contribution in [-0.2, 0) is 11.2 Å². The first-order chi connectivity index (χ1) is 13.6. The molecule has 1 aromatic heterocycles. The highest BCUT2D eigenvalue weighted by molar-refractivity contribution is 6.35. The van der Waals surface area contributed by atoms with Crippen molar-refractivity contribution >= 4 is 45.6 Å². The second-order valence-corrected chi connectivity index (χ2v) is 7.05. The lowest BCUT2D eigenvalue weighted by molar-refractivity contribution is -0.116. The molecule has 1 heterocycles. The van der Waals surface area contributed by atoms with Crippen LogP contribution in [0.5, 0.6) is 0 Å². The molecule has 140 valence electrons. The van der Waals surface area contributed by atoms with E-state index in [2.05, 4.69) is 15.5 Å². The molecule has 3 aromatic carbocycles. The normalized spacial score (nSPS) is 10.9. The molecular formula is C21H15Cl2N3O2. The molecule has 1 N–H and O–H groups in total. The molecule has 0 saturated carbocycles. The Bertz CT molecular complexity index is 1150. The van der Waals surface area contributed by atoms with Gasteiger partial charge in [-0.1, -0.05) is 70.8 Å². The number of benzene rings is 3. The van der Waals surface area contributed by atoms with Crippen molar-refractivity contribution in [1.29, 1.82) is 0 Å². The summed E-state index contributed by atoms with van der Waals surface area (Å²) >= 11 is 12.0. The third kappa shape index (κ3) is 4.01. The SMILES string of the molecule is O=C(CCc1nc(-c2cccc3ccccc23)no1)Nc1cc(Cl)ccc1Cl. The van der Waals surface area contributed by atoms with Crippen LogP contribution in [0.15, 0.2) is 65.2 Å². The lowest BCUT2D eigenvalue weighted by Crippen LogP contribution is -2.12. The van der Waals surface area contributed by atoms with Gasteiger partial charge in [-0.3, -0.25) is 4.79 Å². The van der Waals surface area contributed by atoms with E-state index in [4.69, 9.17) is 27.7 Å². The fraction of sp³-hybridized carbons (Fsp3) is 0.0952. The molecular weight excluding hydrogens is 397 g/mol. The number of carbonyl (C=O) groups is 1. The first-order valence-corrected chi connectivity index (χ1v) is 9.41. The van der Waals surface area contributed by atoms with Gasteiger partial charge in [0, 0.05) is 23.4 Å². The van der Waals surface area contributed by atoms with Gasteiger partial charge in [-0.15, -0.1) is 0 Å². The van der Waals surface area contributed by atoms with E-state index in [1.165, 1.54) is 0 Å². The van der Waals surface area contributed by atoms with Gasteiger partial charge in [-0.05, 0) is 29.0 Å². The quantitative estimate of drug-likeness (QED) is 0.452. The van der Waals surface area contributed by atoms with Crippen molar-refractivity contribution in [2.24, 2.45) is 0 Å². The summed E-state index contributed by atoms with van der Waals surface area (Å²) in [4.78, 5) is 16.6. The summed E-state index contributed by atoms with van der Waals surface area (Å²) in [5.41, 5.74) is 1.37. The van der Waals surface area contributed by atoms with Gasteiger partial charge in [0.1, 0.15) is 0 Å². The number of aromatic nitrogens is 2. The van der Waals surface area contributed by atoms with Crippen molar-refractivity contribution in [2.75, 3.05) is 5.32 Å². The third-order valence-electron chi connectivity index (χ3n) is 4.27. The van der Waals surface area contributed by atoms with Crippen LogP contribution < -0.4 is 5.32 Å². The van der Waals surface area contributed by atoms with E-state index >= 15 is 0 Å². The molecule has 4 rings (SSSR count). The Labute approximate surface area is 171 Å². The Morgan fingerprint density at radius 3 is 2.75 bits per heavy atom. The standard InChI is InChI=1S/C21H15Cl2N3O2/c22-14-8-9-17(23)18(12-14)24-19(27)10-11-20-25-21(26-28-20)16-7-3-5-13-4-1-2-6-15(13)16/h1-9,12H,10-11H2,(H,24,27). The number of hydrogen-bond acceptors (Lipinski definition) is 4. The summed E-state index contributed by atoms with van der Waals surface area (Å²) in [6.07, 6.45) is 0.502. The highest BCUT2D eigenvalue weighted by Crippen LogP contribution is 2.27. The molecule has 7 heteroatoms. The molecule has 0 spiro atoms. The number of rotatable bonds is 5. The highest BCUT2D eigenvalue weighted by atomic mass is 35.5. The van der Waals surface area contributed by atoms with Crippen LogP contribution in [0.25, 0.3) is 22.2 Å². The number of hydrogen-bond donors (Lipinski definition) is 1. The zero-order valence-corrected chi connectivity index (χ0v) is 16.2. The molecule has 0 aliphatic rings. The zero-order chi connectivity index (χ0) is 19.5. The van der Waals surface area contributed by atoms with E-state index in [9.17, 15) is 4.79 Å². The van der Waals surface area contributed by atoms with Crippen LogP contribution in [0.3, 0.4) is 0 Å². The maximum atomic E-state index is 12.2. The van der Waals surface area contributed by atoms with E-state index in [0.717, 1.165) is 16.3 Å². The zero-order valence-electron chi connectivity index (χ0n) is 14.7. The molecule has 28 heavy (non-hydrogen) atoms. The average Bonchev–Trinajstić information content (AvgIpc) is 3.18. The lowest BCUT2D eigenvalue weighted by Gasteiger charge is -2.06. The predicted octanol–water partition coefficient (Wildman–Crippen LogP) is 5.77. The smallest absolute Gasteiger partial charge is 0.227 e. The summed E-state index contributed by atoms with van der Waals surface area (Å²) in [6, 6.07) is 18.8. The second kappa shape index (κ2) is 8.00. The Kier molecular flexibility index (Phi) is 5.28. The maximum Gasteiger partial charge on any atom is 0.227 e. The van der Waals surface area contributed by atoms with Gasteiger partial charge >= 0.3 is 0 Å². The van der Waals surface area contributed by atoms with E-state index in [-0.39, 0.29) is 12.3 Å². The number of anilines is 1. The van der Waals surface area contributed by atoms with E-state index in [1.807, 2.05) is 42.5 Å². The summed E-state index contributed by atoms with van der Waals surface area (Å²) in [5, 5.41) is 9.88. The Morgan fingerprint density at radius 2 is 1.86 bits per heavy atom. The maximum absolute atomic E-state index is 12.2. The van der Waals surface area contributed by atoms with Gasteiger partial charge in [0.15, 0.2) is 0 Å². The van der Waals surface area contributed by atoms with Crippen molar-refractivity contribution < 1.29 is 9.32 Å². The van der Waals surface area contributed by atoms with Crippen LogP contribution >= 0.6 is 23.2 Å². The van der Waals surface area contributed by atoms with Crippen molar-refractivity contribution in [3.8, 4) is 11.4 Å². The molecule has 1 amide bonds. The molecule has 0 saturated heterocycles. The predicted molar refractivity (Wildman–Crippen MR) is 111 cm³/mol. The van der Waals surface area contributed by atoms with Gasteiger partial charge in [-0.2, -0.15) is 4.98 Å². The topological polar surface area (TPSA) is 68.0 Å². The third-order valence-corrected chi connectivity index (χ3v) is 4.83. The number of halogens is 2. The summed E-state index contributed by atoms with van der Waals surface area (Å²) in [5.74, 6) is 0.689. The minimum absolute atomic E-state index is 0.181. The van der Waals surface area contributed by atoms with Gasteiger partial charge in [0.2, 0.25) is 17.6 Å². The minimum atomic E-state index is -0.214. The molecule has 0 radical (unpaired) electrons. The number of amides is 1. The van der Waals surface area contributed by atoms with Crippen molar-refractivity contribution in [2.45, 2.75) is 12.8 Å². The van der Waals surface area contributed by atoms with Crippen LogP contribution in [0, 0.1) is 0 Å². The largest absolute Gasteiger partial charge is 0.339 e. The molecule has 0 aliphatic heterocycles. The van der Waals surface area contributed by atoms with Gasteiger partial charge in [-0.25, -0.2) is 0 Å². The number of carbonyl (C=O) groups excluding carboxylic acids is 1. The van der Waals surface area contributed by atoms with Crippen molar-refractivity contribution in [3.63, 3.8) is 0 Å². The second-order valence-electron chi connectivity index (χ2n) is 6.21. The summed E-state index contributed by atoms with van der Waals surface area (Å²) < 4.78 is 5.32. The molecule has 0 unspecified atom stereocenters. The molecule has 5 nitrogen and oxygen atoms in total. The van der Waals surface area contributed by atoms with Gasteiger partial charge < -0.3 is 9.84 Å². The Morgan fingerprint density at radius 1 is 1.04 bits per heavy atom. The van der Waals surface area contributed by atoms with E-state index in [1.54, 1.807) is 18.2 Å². The minimum Gasteiger partial charge on any atom is -0.339 e. The summed E-state index contributed by atoms with van der Waals surface area (Å²) in [6.45, 7) is 0.